The number of nitrogens with zero attached hydrogens (tertiary/aromatic N) is 4. The Kier molecular flexibility index (Phi) is 5.48. The number of anilines is 2. The van der Waals surface area contributed by atoms with Crippen LogP contribution in [0.2, 0.25) is 0 Å². The molecule has 2 N–H and O–H groups in total. The van der Waals surface area contributed by atoms with E-state index in [0.29, 0.717) is 17.2 Å². The van der Waals surface area contributed by atoms with Gasteiger partial charge in [-0.3, -0.25) is 0 Å². The smallest absolute Gasteiger partial charge is 0.263 e. The second-order valence-electron chi connectivity index (χ2n) is 7.06. The van der Waals surface area contributed by atoms with Gasteiger partial charge >= 0.3 is 0 Å². The van der Waals surface area contributed by atoms with Crippen LogP contribution < -0.4 is 20.1 Å². The van der Waals surface area contributed by atoms with Gasteiger partial charge in [0.05, 0.1) is 19.0 Å². The lowest BCUT2D eigenvalue weighted by atomic mass is 10.1. The largest absolute Gasteiger partial charge is 0.497 e. The summed E-state index contributed by atoms with van der Waals surface area (Å²) < 4.78 is 11.1. The summed E-state index contributed by atoms with van der Waals surface area (Å²) in [7, 11) is 3.77. The fourth-order valence-electron chi connectivity index (χ4n) is 3.28. The lowest BCUT2D eigenvalue weighted by Gasteiger charge is -2.34. The van der Waals surface area contributed by atoms with Gasteiger partial charge in [0.2, 0.25) is 0 Å². The van der Waals surface area contributed by atoms with E-state index in [9.17, 15) is 0 Å². The van der Waals surface area contributed by atoms with Crippen molar-refractivity contribution < 1.29 is 9.47 Å². The summed E-state index contributed by atoms with van der Waals surface area (Å²) in [6, 6.07) is 15.7. The van der Waals surface area contributed by atoms with Crippen LogP contribution in [0.1, 0.15) is 0 Å². The summed E-state index contributed by atoms with van der Waals surface area (Å²) in [6.45, 7) is 4.23. The van der Waals surface area contributed by atoms with Gasteiger partial charge in [0.25, 0.3) is 5.88 Å². The molecule has 1 aliphatic heterocycles. The lowest BCUT2D eigenvalue weighted by Crippen LogP contribution is -2.44. The SMILES string of the molecule is COc1cccc(Oc2nc(-c3ccc(N4CCN(C)CC4)cc3)cnc2N)c1. The van der Waals surface area contributed by atoms with E-state index in [2.05, 4.69) is 51.1 Å². The zero-order valence-electron chi connectivity index (χ0n) is 16.7. The maximum Gasteiger partial charge on any atom is 0.263 e. The molecule has 1 aliphatic rings. The Morgan fingerprint density at radius 2 is 1.69 bits per heavy atom. The maximum atomic E-state index is 5.98. The van der Waals surface area contributed by atoms with Crippen molar-refractivity contribution in [1.82, 2.24) is 14.9 Å². The van der Waals surface area contributed by atoms with Gasteiger partial charge in [-0.2, -0.15) is 0 Å². The number of benzene rings is 2. The monoisotopic (exact) mass is 391 g/mol. The number of hydrogen-bond donors (Lipinski definition) is 1. The molecule has 2 heterocycles. The van der Waals surface area contributed by atoms with E-state index >= 15 is 0 Å². The van der Waals surface area contributed by atoms with Gasteiger partial charge in [0, 0.05) is 43.5 Å². The third-order valence-electron chi connectivity index (χ3n) is 5.05. The van der Waals surface area contributed by atoms with Crippen LogP contribution in [0.25, 0.3) is 11.3 Å². The van der Waals surface area contributed by atoms with Crippen LogP contribution in [0.5, 0.6) is 17.4 Å². The number of nitrogen functional groups attached to an aromatic ring is 1. The van der Waals surface area contributed by atoms with E-state index in [4.69, 9.17) is 15.2 Å². The fourth-order valence-corrected chi connectivity index (χ4v) is 3.28. The summed E-state index contributed by atoms with van der Waals surface area (Å²) in [5.74, 6) is 1.81. The summed E-state index contributed by atoms with van der Waals surface area (Å²) >= 11 is 0. The molecule has 4 rings (SSSR count). The van der Waals surface area contributed by atoms with E-state index in [1.807, 2.05) is 18.2 Å². The number of nitrogens with two attached hydrogens (primary N) is 1. The minimum Gasteiger partial charge on any atom is -0.497 e. The Balaban J connectivity index is 1.53. The Morgan fingerprint density at radius 3 is 2.41 bits per heavy atom. The molecule has 3 aromatic rings. The second kappa shape index (κ2) is 8.36. The highest BCUT2D eigenvalue weighted by Crippen LogP contribution is 2.29. The van der Waals surface area contributed by atoms with Crippen LogP contribution >= 0.6 is 0 Å². The first-order valence-electron chi connectivity index (χ1n) is 9.61. The average Bonchev–Trinajstić information content (AvgIpc) is 2.76. The molecule has 0 bridgehead atoms. The Labute approximate surface area is 170 Å². The number of aromatic nitrogens is 2. The van der Waals surface area contributed by atoms with Gasteiger partial charge in [-0.05, 0) is 31.3 Å². The predicted molar refractivity (Wildman–Crippen MR) is 115 cm³/mol. The van der Waals surface area contributed by atoms with Crippen molar-refractivity contribution >= 4 is 11.5 Å². The third kappa shape index (κ3) is 4.41. The Morgan fingerprint density at radius 1 is 0.966 bits per heavy atom. The number of piperazine rings is 1. The maximum absolute atomic E-state index is 5.98. The van der Waals surface area contributed by atoms with Gasteiger partial charge in [-0.15, -0.1) is 0 Å². The molecule has 7 nitrogen and oxygen atoms in total. The molecule has 7 heteroatoms. The highest BCUT2D eigenvalue weighted by Gasteiger charge is 2.15. The van der Waals surface area contributed by atoms with Crippen LogP contribution in [0, 0.1) is 0 Å². The zero-order valence-corrected chi connectivity index (χ0v) is 16.7. The van der Waals surface area contributed by atoms with Crippen molar-refractivity contribution in [3.63, 3.8) is 0 Å². The van der Waals surface area contributed by atoms with Gasteiger partial charge in [-0.1, -0.05) is 18.2 Å². The molecule has 150 valence electrons. The molecule has 0 saturated carbocycles. The molecule has 2 aromatic carbocycles. The Bertz CT molecular complexity index is 969. The molecule has 0 aliphatic carbocycles. The van der Waals surface area contributed by atoms with Gasteiger partial charge in [0.1, 0.15) is 11.5 Å². The zero-order chi connectivity index (χ0) is 20.2. The first kappa shape index (κ1) is 19.0. The minimum absolute atomic E-state index is 0.241. The van der Waals surface area contributed by atoms with Crippen molar-refractivity contribution in [1.29, 1.82) is 0 Å². The van der Waals surface area contributed by atoms with Gasteiger partial charge in [0.15, 0.2) is 5.82 Å². The molecule has 0 spiro atoms. The van der Waals surface area contributed by atoms with E-state index in [1.165, 1.54) is 5.69 Å². The number of methoxy groups -OCH3 is 1. The molecule has 29 heavy (non-hydrogen) atoms. The van der Waals surface area contributed by atoms with E-state index in [0.717, 1.165) is 31.7 Å². The van der Waals surface area contributed by atoms with E-state index < -0.39 is 0 Å². The van der Waals surface area contributed by atoms with Crippen molar-refractivity contribution in [3.8, 4) is 28.6 Å². The molecule has 1 aromatic heterocycles. The molecule has 0 atom stereocenters. The van der Waals surface area contributed by atoms with Crippen molar-refractivity contribution in [2.75, 3.05) is 51.0 Å². The van der Waals surface area contributed by atoms with Gasteiger partial charge < -0.3 is 25.0 Å². The summed E-state index contributed by atoms with van der Waals surface area (Å²) in [6.07, 6.45) is 1.67. The summed E-state index contributed by atoms with van der Waals surface area (Å²) in [4.78, 5) is 13.6. The van der Waals surface area contributed by atoms with Crippen LogP contribution in [-0.4, -0.2) is 55.2 Å². The number of rotatable bonds is 5. The van der Waals surface area contributed by atoms with Crippen LogP contribution in [0.3, 0.4) is 0 Å². The summed E-state index contributed by atoms with van der Waals surface area (Å²) in [5.41, 5.74) is 8.87. The minimum atomic E-state index is 0.241. The first-order valence-corrected chi connectivity index (χ1v) is 9.61. The van der Waals surface area contributed by atoms with Gasteiger partial charge in [-0.25, -0.2) is 9.97 Å². The van der Waals surface area contributed by atoms with Crippen LogP contribution in [-0.2, 0) is 0 Å². The number of hydrogen-bond acceptors (Lipinski definition) is 7. The predicted octanol–water partition coefficient (Wildman–Crippen LogP) is 3.28. The highest BCUT2D eigenvalue weighted by molar-refractivity contribution is 5.64. The second-order valence-corrected chi connectivity index (χ2v) is 7.06. The molecule has 1 saturated heterocycles. The van der Waals surface area contributed by atoms with Crippen molar-refractivity contribution in [3.05, 3.63) is 54.7 Å². The van der Waals surface area contributed by atoms with Crippen molar-refractivity contribution in [2.45, 2.75) is 0 Å². The molecule has 0 amide bonds. The molecule has 0 unspecified atom stereocenters. The first-order chi connectivity index (χ1) is 14.1. The van der Waals surface area contributed by atoms with E-state index in [-0.39, 0.29) is 11.7 Å². The molecular weight excluding hydrogens is 366 g/mol. The third-order valence-corrected chi connectivity index (χ3v) is 5.05. The standard InChI is InChI=1S/C22H25N5O2/c1-26-10-12-27(13-11-26)17-8-6-16(7-9-17)20-15-24-21(23)22(25-20)29-19-5-3-4-18(14-19)28-2/h3-9,14-15H,10-13H2,1-2H3,(H2,23,24). The quantitative estimate of drug-likeness (QED) is 0.715. The lowest BCUT2D eigenvalue weighted by molar-refractivity contribution is 0.313. The normalized spacial score (nSPS) is 14.6. The van der Waals surface area contributed by atoms with Crippen molar-refractivity contribution in [2.24, 2.45) is 0 Å². The highest BCUT2D eigenvalue weighted by atomic mass is 16.5. The van der Waals surface area contributed by atoms with Crippen LogP contribution in [0.15, 0.2) is 54.7 Å². The molecular formula is C22H25N5O2. The number of ether oxygens (including phenoxy) is 2. The topological polar surface area (TPSA) is 76.7 Å². The summed E-state index contributed by atoms with van der Waals surface area (Å²) in [5, 5.41) is 0. The average molecular weight is 391 g/mol. The molecule has 0 radical (unpaired) electrons. The Hall–Kier alpha value is -3.32. The number of likely N-dealkylation sites (N-methyl/N-ethyl adjacent to an activating group) is 1. The molecule has 1 fully saturated rings. The fraction of sp³-hybridized carbons (Fsp3) is 0.273. The van der Waals surface area contributed by atoms with E-state index in [1.54, 1.807) is 19.4 Å². The van der Waals surface area contributed by atoms with Crippen LogP contribution in [0.4, 0.5) is 11.5 Å².